The summed E-state index contributed by atoms with van der Waals surface area (Å²) in [6.07, 6.45) is 0.712. The third-order valence-corrected chi connectivity index (χ3v) is 3.26. The maximum Gasteiger partial charge on any atom is 0.269 e. The third-order valence-electron chi connectivity index (χ3n) is 3.26. The lowest BCUT2D eigenvalue weighted by atomic mass is 10.1. The largest absolute Gasteiger partial charge is 0.508 e. The lowest BCUT2D eigenvalue weighted by Crippen LogP contribution is -2.03. The number of benzene rings is 2. The van der Waals surface area contributed by atoms with Gasteiger partial charge in [-0.2, -0.15) is 5.10 Å². The summed E-state index contributed by atoms with van der Waals surface area (Å²) in [4.78, 5) is 10.2. The molecule has 0 amide bonds. The van der Waals surface area contributed by atoms with E-state index < -0.39 is 4.92 Å². The van der Waals surface area contributed by atoms with Gasteiger partial charge in [0, 0.05) is 12.1 Å². The van der Waals surface area contributed by atoms with E-state index in [2.05, 4.69) is 10.5 Å². The zero-order chi connectivity index (χ0) is 16.1. The van der Waals surface area contributed by atoms with Crippen molar-refractivity contribution < 1.29 is 10.0 Å². The fraction of sp³-hybridized carbons (Fsp3) is 0.188. The minimum atomic E-state index is -0.441. The monoisotopic (exact) mass is 299 g/mol. The molecule has 114 valence electrons. The standard InChI is InChI=1S/C16H17N3O3/c1-3-15(12-4-9-16(20)11(2)10-12)18-17-13-5-7-14(8-6-13)19(21)22/h4-10,17,20H,3H2,1-2H3. The van der Waals surface area contributed by atoms with E-state index in [1.54, 1.807) is 18.2 Å². The first-order valence-corrected chi connectivity index (χ1v) is 6.88. The Morgan fingerprint density at radius 1 is 1.27 bits per heavy atom. The highest BCUT2D eigenvalue weighted by Gasteiger charge is 2.06. The number of nitro benzene ring substituents is 1. The van der Waals surface area contributed by atoms with E-state index in [1.807, 2.05) is 26.0 Å². The number of nitro groups is 1. The van der Waals surface area contributed by atoms with Gasteiger partial charge >= 0.3 is 0 Å². The van der Waals surface area contributed by atoms with Gasteiger partial charge in [-0.25, -0.2) is 0 Å². The molecular formula is C16H17N3O3. The van der Waals surface area contributed by atoms with Crippen LogP contribution in [0.25, 0.3) is 0 Å². The van der Waals surface area contributed by atoms with E-state index in [9.17, 15) is 15.2 Å². The Hall–Kier alpha value is -2.89. The summed E-state index contributed by atoms with van der Waals surface area (Å²) >= 11 is 0. The highest BCUT2D eigenvalue weighted by Crippen LogP contribution is 2.19. The molecule has 0 aliphatic heterocycles. The molecule has 0 aromatic heterocycles. The molecule has 2 rings (SSSR count). The van der Waals surface area contributed by atoms with Crippen molar-refractivity contribution in [3.63, 3.8) is 0 Å². The number of non-ortho nitro benzene ring substituents is 1. The number of rotatable bonds is 5. The van der Waals surface area contributed by atoms with Crippen molar-refractivity contribution in [2.24, 2.45) is 5.10 Å². The second-order valence-corrected chi connectivity index (χ2v) is 4.83. The normalized spacial score (nSPS) is 11.3. The molecular weight excluding hydrogens is 282 g/mol. The van der Waals surface area contributed by atoms with E-state index in [0.29, 0.717) is 12.1 Å². The summed E-state index contributed by atoms with van der Waals surface area (Å²) in [5, 5.41) is 24.5. The van der Waals surface area contributed by atoms with Gasteiger partial charge < -0.3 is 5.11 Å². The molecule has 0 unspecified atom stereocenters. The van der Waals surface area contributed by atoms with Gasteiger partial charge in [-0.1, -0.05) is 6.92 Å². The fourth-order valence-corrected chi connectivity index (χ4v) is 1.97. The molecule has 6 heteroatoms. The molecule has 0 spiro atoms. The van der Waals surface area contributed by atoms with Crippen LogP contribution >= 0.6 is 0 Å². The van der Waals surface area contributed by atoms with Gasteiger partial charge in [0.15, 0.2) is 0 Å². The molecule has 2 N–H and O–H groups in total. The van der Waals surface area contributed by atoms with Crippen LogP contribution in [-0.2, 0) is 0 Å². The van der Waals surface area contributed by atoms with Crippen molar-refractivity contribution in [2.45, 2.75) is 20.3 Å². The third kappa shape index (κ3) is 3.60. The van der Waals surface area contributed by atoms with Crippen molar-refractivity contribution in [2.75, 3.05) is 5.43 Å². The molecule has 0 fully saturated rings. The maximum absolute atomic E-state index is 10.6. The Kier molecular flexibility index (Phi) is 4.73. The number of phenols is 1. The molecule has 0 saturated heterocycles. The van der Waals surface area contributed by atoms with Crippen molar-refractivity contribution in [1.82, 2.24) is 0 Å². The van der Waals surface area contributed by atoms with Crippen LogP contribution in [0.1, 0.15) is 24.5 Å². The maximum atomic E-state index is 10.6. The average Bonchev–Trinajstić information content (AvgIpc) is 2.51. The summed E-state index contributed by atoms with van der Waals surface area (Å²) in [6.45, 7) is 3.81. The lowest BCUT2D eigenvalue weighted by Gasteiger charge is -2.08. The molecule has 0 saturated carbocycles. The minimum Gasteiger partial charge on any atom is -0.508 e. The van der Waals surface area contributed by atoms with Gasteiger partial charge in [0.25, 0.3) is 5.69 Å². The minimum absolute atomic E-state index is 0.0411. The molecule has 2 aromatic rings. The highest BCUT2D eigenvalue weighted by molar-refractivity contribution is 6.01. The first-order chi connectivity index (χ1) is 10.5. The van der Waals surface area contributed by atoms with Crippen LogP contribution in [-0.4, -0.2) is 15.7 Å². The van der Waals surface area contributed by atoms with Gasteiger partial charge in [-0.3, -0.25) is 15.5 Å². The smallest absolute Gasteiger partial charge is 0.269 e. The molecule has 22 heavy (non-hydrogen) atoms. The molecule has 0 heterocycles. The summed E-state index contributed by atoms with van der Waals surface area (Å²) in [5.74, 6) is 0.252. The number of anilines is 1. The number of aromatic hydroxyl groups is 1. The molecule has 0 bridgehead atoms. The van der Waals surface area contributed by atoms with Gasteiger partial charge in [-0.15, -0.1) is 0 Å². The van der Waals surface area contributed by atoms with Crippen LogP contribution in [0.2, 0.25) is 0 Å². The number of phenolic OH excluding ortho intramolecular Hbond substituents is 1. The van der Waals surface area contributed by atoms with Crippen molar-refractivity contribution in [3.05, 3.63) is 63.7 Å². The number of hydrazone groups is 1. The second-order valence-electron chi connectivity index (χ2n) is 4.83. The average molecular weight is 299 g/mol. The van der Waals surface area contributed by atoms with Crippen molar-refractivity contribution in [1.29, 1.82) is 0 Å². The van der Waals surface area contributed by atoms with Gasteiger partial charge in [-0.05, 0) is 54.8 Å². The predicted molar refractivity (Wildman–Crippen MR) is 86.4 cm³/mol. The van der Waals surface area contributed by atoms with Gasteiger partial charge in [0.1, 0.15) is 5.75 Å². The highest BCUT2D eigenvalue weighted by atomic mass is 16.6. The molecule has 2 aromatic carbocycles. The molecule has 0 atom stereocenters. The van der Waals surface area contributed by atoms with E-state index >= 15 is 0 Å². The molecule has 6 nitrogen and oxygen atoms in total. The number of nitrogens with one attached hydrogen (secondary N) is 1. The van der Waals surface area contributed by atoms with E-state index in [-0.39, 0.29) is 11.4 Å². The Morgan fingerprint density at radius 2 is 1.95 bits per heavy atom. The van der Waals surface area contributed by atoms with Crippen LogP contribution in [0.4, 0.5) is 11.4 Å². The summed E-state index contributed by atoms with van der Waals surface area (Å²) < 4.78 is 0. The quantitative estimate of drug-likeness (QED) is 0.499. The number of nitrogens with zero attached hydrogens (tertiary/aromatic N) is 2. The first-order valence-electron chi connectivity index (χ1n) is 6.88. The lowest BCUT2D eigenvalue weighted by molar-refractivity contribution is -0.384. The second kappa shape index (κ2) is 6.71. The number of hydrogen-bond donors (Lipinski definition) is 2. The van der Waals surface area contributed by atoms with E-state index in [4.69, 9.17) is 0 Å². The summed E-state index contributed by atoms with van der Waals surface area (Å²) in [5.41, 5.74) is 6.16. The van der Waals surface area contributed by atoms with E-state index in [1.165, 1.54) is 12.1 Å². The Labute approximate surface area is 128 Å². The Morgan fingerprint density at radius 3 is 2.50 bits per heavy atom. The molecule has 0 aliphatic rings. The molecule has 0 aliphatic carbocycles. The van der Waals surface area contributed by atoms with Crippen molar-refractivity contribution >= 4 is 17.1 Å². The van der Waals surface area contributed by atoms with Crippen LogP contribution in [0.3, 0.4) is 0 Å². The van der Waals surface area contributed by atoms with Crippen LogP contribution in [0.15, 0.2) is 47.6 Å². The summed E-state index contributed by atoms with van der Waals surface area (Å²) in [7, 11) is 0. The fourth-order valence-electron chi connectivity index (χ4n) is 1.97. The predicted octanol–water partition coefficient (Wildman–Crippen LogP) is 3.84. The Balaban J connectivity index is 2.18. The number of aryl methyl sites for hydroxylation is 1. The zero-order valence-corrected chi connectivity index (χ0v) is 12.4. The van der Waals surface area contributed by atoms with Crippen LogP contribution in [0, 0.1) is 17.0 Å². The van der Waals surface area contributed by atoms with Gasteiger partial charge in [0.05, 0.1) is 16.3 Å². The SMILES string of the molecule is CCC(=NNc1ccc([N+](=O)[O-])cc1)c1ccc(O)c(C)c1. The topological polar surface area (TPSA) is 87.8 Å². The molecule has 0 radical (unpaired) electrons. The zero-order valence-electron chi connectivity index (χ0n) is 12.4. The van der Waals surface area contributed by atoms with E-state index in [0.717, 1.165) is 16.8 Å². The van der Waals surface area contributed by atoms with Gasteiger partial charge in [0.2, 0.25) is 0 Å². The van der Waals surface area contributed by atoms with Crippen molar-refractivity contribution in [3.8, 4) is 5.75 Å². The van der Waals surface area contributed by atoms with Crippen LogP contribution < -0.4 is 5.43 Å². The van der Waals surface area contributed by atoms with Crippen LogP contribution in [0.5, 0.6) is 5.75 Å². The number of hydrogen-bond acceptors (Lipinski definition) is 5. The Bertz CT molecular complexity index is 709. The summed E-state index contributed by atoms with van der Waals surface area (Å²) in [6, 6.07) is 11.4. The first kappa shape index (κ1) is 15.5.